The second kappa shape index (κ2) is 32.3. The number of primary amides is 1. The summed E-state index contributed by atoms with van der Waals surface area (Å²) in [4.78, 5) is 111. The van der Waals surface area contributed by atoms with Crippen LogP contribution >= 0.6 is 0 Å². The van der Waals surface area contributed by atoms with E-state index in [0.29, 0.717) is 78.2 Å². The zero-order valence-electron chi connectivity index (χ0n) is 50.3. The van der Waals surface area contributed by atoms with Gasteiger partial charge in [-0.15, -0.1) is 0 Å². The van der Waals surface area contributed by atoms with Crippen LogP contribution in [0, 0.1) is 5.92 Å². The van der Waals surface area contributed by atoms with Crippen molar-refractivity contribution >= 4 is 58.8 Å². The van der Waals surface area contributed by atoms with E-state index in [4.69, 9.17) is 29.7 Å². The number of nitrogens with zero attached hydrogens (tertiary/aromatic N) is 7. The molecule has 3 aromatic rings. The predicted octanol–water partition coefficient (Wildman–Crippen LogP) is 3.53. The van der Waals surface area contributed by atoms with Gasteiger partial charge in [-0.3, -0.25) is 28.8 Å². The van der Waals surface area contributed by atoms with Gasteiger partial charge in [-0.1, -0.05) is 55.7 Å². The van der Waals surface area contributed by atoms with Crippen LogP contribution in [0.2, 0.25) is 0 Å². The number of benzene rings is 2. The van der Waals surface area contributed by atoms with Crippen LogP contribution in [0.1, 0.15) is 129 Å². The zero-order valence-corrected chi connectivity index (χ0v) is 50.3. The summed E-state index contributed by atoms with van der Waals surface area (Å²) in [5.41, 5.74) is 11.8. The first-order valence-electron chi connectivity index (χ1n) is 31.4. The lowest BCUT2D eigenvalue weighted by Crippen LogP contribution is -2.57. The number of hydrogen-bond acceptors (Lipinski definition) is 17. The normalized spacial score (nSPS) is 21.4. The summed E-state index contributed by atoms with van der Waals surface area (Å²) < 4.78 is 22.7. The van der Waals surface area contributed by atoms with Crippen LogP contribution in [0.25, 0.3) is 0 Å². The van der Waals surface area contributed by atoms with Crippen molar-refractivity contribution in [3.05, 3.63) is 77.1 Å². The summed E-state index contributed by atoms with van der Waals surface area (Å²) >= 11 is 0. The van der Waals surface area contributed by atoms with E-state index in [1.807, 2.05) is 52.7 Å². The van der Waals surface area contributed by atoms with E-state index < -0.39 is 29.9 Å². The van der Waals surface area contributed by atoms with Gasteiger partial charge in [-0.25, -0.2) is 14.8 Å². The molecular formula is C62H89N13O12. The first-order chi connectivity index (χ1) is 42.3. The van der Waals surface area contributed by atoms with Crippen LogP contribution in [0.15, 0.2) is 54.7 Å². The minimum Gasteiger partial charge on any atom is -0.379 e. The number of carbonyl (C=O) groups excluding carboxylic acids is 7. The quantitative estimate of drug-likeness (QED) is 0.0386. The third kappa shape index (κ3) is 17.8. The fraction of sp³-hybridized carbons (Fsp3) is 0.629. The van der Waals surface area contributed by atoms with Crippen LogP contribution in [0.4, 0.5) is 22.1 Å². The van der Waals surface area contributed by atoms with E-state index in [1.165, 1.54) is 10.5 Å². The Kier molecular flexibility index (Phi) is 23.9. The fourth-order valence-electron chi connectivity index (χ4n) is 13.1. The van der Waals surface area contributed by atoms with Crippen LogP contribution in [-0.2, 0) is 49.3 Å². The number of urea groups is 1. The molecule has 25 heteroatoms. The Labute approximate surface area is 509 Å². The molecule has 5 atom stereocenters. The van der Waals surface area contributed by atoms with Crippen molar-refractivity contribution in [2.45, 2.75) is 132 Å². The summed E-state index contributed by atoms with van der Waals surface area (Å²) in [6.45, 7) is 6.23. The number of amides is 8. The summed E-state index contributed by atoms with van der Waals surface area (Å²) in [7, 11) is 1.82. The first-order valence-corrected chi connectivity index (χ1v) is 31.4. The lowest BCUT2D eigenvalue weighted by molar-refractivity contribution is -0.143. The molecule has 2 aliphatic carbocycles. The number of hydrogen-bond donors (Lipinski definition) is 7. The summed E-state index contributed by atoms with van der Waals surface area (Å²) in [5, 5.41) is 21.6. The molecule has 1 aromatic heterocycles. The molecule has 9 rings (SSSR count). The number of anilines is 3. The van der Waals surface area contributed by atoms with Gasteiger partial charge < -0.3 is 75.7 Å². The molecule has 0 spiro atoms. The lowest BCUT2D eigenvalue weighted by Gasteiger charge is -2.37. The second-order valence-electron chi connectivity index (χ2n) is 23.7. The monoisotopic (exact) mass is 1210 g/mol. The van der Waals surface area contributed by atoms with Gasteiger partial charge in [0.1, 0.15) is 17.9 Å². The number of rotatable bonds is 29. The van der Waals surface area contributed by atoms with Crippen LogP contribution in [0.3, 0.4) is 0 Å². The highest BCUT2D eigenvalue weighted by Gasteiger charge is 2.45. The number of piperidine rings is 2. The number of likely N-dealkylation sites (tertiary alicyclic amines) is 2. The topological polar surface area (TPSA) is 305 Å². The van der Waals surface area contributed by atoms with Gasteiger partial charge in [0.05, 0.1) is 84.1 Å². The Morgan fingerprint density at radius 2 is 1.44 bits per heavy atom. The summed E-state index contributed by atoms with van der Waals surface area (Å²) in [6.07, 6.45) is 12.6. The maximum Gasteiger partial charge on any atom is 0.320 e. The van der Waals surface area contributed by atoms with Crippen LogP contribution < -0.4 is 37.4 Å². The fourth-order valence-corrected chi connectivity index (χ4v) is 13.1. The average molecular weight is 1210 g/mol. The minimum atomic E-state index is -0.875. The molecule has 4 saturated heterocycles. The number of likely N-dealkylation sites (N-methyl/N-ethyl adjacent to an activating group) is 1. The molecular weight excluding hydrogens is 1120 g/mol. The summed E-state index contributed by atoms with van der Waals surface area (Å²) in [5.74, 6) is -1.03. The molecule has 0 unspecified atom stereocenters. The van der Waals surface area contributed by atoms with E-state index in [1.54, 1.807) is 11.1 Å². The molecule has 87 heavy (non-hydrogen) atoms. The molecule has 5 heterocycles. The van der Waals surface area contributed by atoms with Crippen molar-refractivity contribution in [1.82, 2.24) is 51.0 Å². The highest BCUT2D eigenvalue weighted by molar-refractivity contribution is 5.96. The van der Waals surface area contributed by atoms with Gasteiger partial charge in [0.15, 0.2) is 11.5 Å². The van der Waals surface area contributed by atoms with Crippen molar-refractivity contribution in [2.24, 2.45) is 11.7 Å². The standard InChI is InChI=1S/C62H89N13O12/c1-71-27-28-74(62(71)82)48-13-8-24-73(41-48)52-38-64-57(58(63)79)59(69-52)67-46-18-16-42(17-19-46)43-20-25-72(26-21-43)55(78)23-30-85-32-34-87-36-35-86-33-31-84-29-22-53(76)66-47-37-51(60(80)68-50-15-7-12-44-9-5-6-14-49(44)50)75(40-47)61(81)56(70-54(77)39-65-83)45-10-3-2-4-11-45/h5-6,9,14,16-19,38,43,45,47-48,50-51,56,65,83H,2-4,7-8,10-13,15,20-37,39-41H2,1H3,(H2,63,79)(H,66,76)(H,67,69)(H,68,80)(H,70,77)/t47-,48+,50+,51-,56-/m0/s1. The Morgan fingerprint density at radius 3 is 2.13 bits per heavy atom. The van der Waals surface area contributed by atoms with Crippen molar-refractivity contribution in [2.75, 3.05) is 122 Å². The molecule has 6 aliphatic rings. The SMILES string of the molecule is CN1CCN([C@@H]2CCCN(c3cnc(C(N)=O)c(Nc4ccc(C5CCN(C(=O)CCOCCOCCOCCOCCC(=O)N[C@H]6C[C@@H](C(=O)N[C@@H]7CCCc8ccccc87)N(C(=O)[C@@H](NC(=O)CNO)C7CCCCC7)C6)CC5)cc4)n3)C2)C1=O. The third-order valence-electron chi connectivity index (χ3n) is 17.8. The Balaban J connectivity index is 0.615. The van der Waals surface area contributed by atoms with E-state index >= 15 is 0 Å². The maximum absolute atomic E-state index is 14.5. The van der Waals surface area contributed by atoms with Crippen LogP contribution in [-0.4, -0.2) is 213 Å². The number of hydroxylamine groups is 1. The average Bonchev–Trinajstić information content (AvgIpc) is 2.49. The number of nitrogens with two attached hydrogens (primary N) is 1. The largest absolute Gasteiger partial charge is 0.379 e. The first kappa shape index (κ1) is 64.4. The number of fused-ring (bicyclic) bond motifs is 1. The molecule has 8 N–H and O–H groups in total. The molecule has 0 radical (unpaired) electrons. The maximum atomic E-state index is 14.5. The second-order valence-corrected chi connectivity index (χ2v) is 23.7. The molecule has 5 fully saturated rings. The van der Waals surface area contributed by atoms with Crippen molar-refractivity contribution in [1.29, 1.82) is 0 Å². The number of ether oxygens (including phenoxy) is 4. The predicted molar refractivity (Wildman–Crippen MR) is 322 cm³/mol. The van der Waals surface area contributed by atoms with Gasteiger partial charge in [-0.2, -0.15) is 5.48 Å². The highest BCUT2D eigenvalue weighted by atomic mass is 16.6. The minimum absolute atomic E-state index is 0.0436. The molecule has 4 aliphatic heterocycles. The van der Waals surface area contributed by atoms with Crippen molar-refractivity contribution in [3.63, 3.8) is 0 Å². The van der Waals surface area contributed by atoms with E-state index in [-0.39, 0.29) is 111 Å². The van der Waals surface area contributed by atoms with Crippen LogP contribution in [0.5, 0.6) is 0 Å². The number of nitrogens with one attached hydrogen (secondary N) is 5. The Bertz CT molecular complexity index is 2800. The molecule has 474 valence electrons. The smallest absolute Gasteiger partial charge is 0.320 e. The van der Waals surface area contributed by atoms with E-state index in [9.17, 15) is 38.8 Å². The molecule has 1 saturated carbocycles. The number of aromatic nitrogens is 2. The zero-order chi connectivity index (χ0) is 61.1. The van der Waals surface area contributed by atoms with E-state index in [0.717, 1.165) is 100 Å². The van der Waals surface area contributed by atoms with Gasteiger partial charge in [-0.05, 0) is 105 Å². The number of aryl methyl sites for hydroxylation is 1. The molecule has 0 bridgehead atoms. The highest BCUT2D eigenvalue weighted by Crippen LogP contribution is 2.34. The summed E-state index contributed by atoms with van der Waals surface area (Å²) in [6, 6.07) is 13.8. The van der Waals surface area contributed by atoms with Gasteiger partial charge in [0.2, 0.25) is 29.5 Å². The molecule has 8 amide bonds. The lowest BCUT2D eigenvalue weighted by atomic mass is 9.83. The Morgan fingerprint density at radius 1 is 0.736 bits per heavy atom. The van der Waals surface area contributed by atoms with Crippen molar-refractivity contribution in [3.8, 4) is 0 Å². The number of carbonyl (C=O) groups is 7. The molecule has 2 aromatic carbocycles. The van der Waals surface area contributed by atoms with Gasteiger partial charge in [0.25, 0.3) is 5.91 Å². The Hall–Kier alpha value is -7.03. The van der Waals surface area contributed by atoms with Gasteiger partial charge >= 0.3 is 6.03 Å². The molecule has 25 nitrogen and oxygen atoms in total. The van der Waals surface area contributed by atoms with Gasteiger partial charge in [0, 0.05) is 71.0 Å². The van der Waals surface area contributed by atoms with E-state index in [2.05, 4.69) is 49.4 Å². The van der Waals surface area contributed by atoms with Crippen molar-refractivity contribution < 1.29 is 57.7 Å². The third-order valence-corrected chi connectivity index (χ3v) is 17.8.